The Kier molecular flexibility index (Phi) is 7.93. The molecule has 5 rings (SSSR count). The van der Waals surface area contributed by atoms with Crippen molar-refractivity contribution in [1.82, 2.24) is 39.7 Å². The lowest BCUT2D eigenvalue weighted by Gasteiger charge is -2.32. The smallest absolute Gasteiger partial charge is 0.245 e. The van der Waals surface area contributed by atoms with Crippen molar-refractivity contribution < 1.29 is 22.6 Å². The standard InChI is InChI=1S/C24H26ClN9O5S/c1-37-19-8-4-7-17(30-19)21-32-31-18(34(21)20-22(38-2)28-14-29-23(20)39-3)13-40(35,36)16-6-5-9-33(12-16)24-26-10-15(25)11-27-24/h4,7-8,10-11,14,16H,5-6,9,12-13H2,1-3H3/t16-/m0/s1. The van der Waals surface area contributed by atoms with Gasteiger partial charge in [0.15, 0.2) is 27.2 Å². The van der Waals surface area contributed by atoms with Gasteiger partial charge in [-0.1, -0.05) is 17.7 Å². The van der Waals surface area contributed by atoms with Crippen LogP contribution in [0, 0.1) is 0 Å². The van der Waals surface area contributed by atoms with Crippen LogP contribution < -0.4 is 19.1 Å². The van der Waals surface area contributed by atoms with Crippen molar-refractivity contribution >= 4 is 27.4 Å². The summed E-state index contributed by atoms with van der Waals surface area (Å²) in [5.41, 5.74) is 0.620. The first kappa shape index (κ1) is 27.5. The van der Waals surface area contributed by atoms with Crippen LogP contribution >= 0.6 is 11.6 Å². The van der Waals surface area contributed by atoms with Crippen molar-refractivity contribution in [3.8, 4) is 34.8 Å². The molecule has 0 aromatic carbocycles. The number of halogens is 1. The monoisotopic (exact) mass is 587 g/mol. The second-order valence-corrected chi connectivity index (χ2v) is 11.5. The molecule has 0 saturated carbocycles. The van der Waals surface area contributed by atoms with Gasteiger partial charge < -0.3 is 19.1 Å². The second kappa shape index (κ2) is 11.6. The fourth-order valence-corrected chi connectivity index (χ4v) is 6.29. The molecule has 1 atom stereocenters. The Hall–Kier alpha value is -4.11. The molecular formula is C24H26ClN9O5S. The van der Waals surface area contributed by atoms with Crippen LogP contribution in [0.5, 0.6) is 17.6 Å². The van der Waals surface area contributed by atoms with Crippen molar-refractivity contribution in [3.05, 3.63) is 47.8 Å². The molecule has 40 heavy (non-hydrogen) atoms. The summed E-state index contributed by atoms with van der Waals surface area (Å²) in [4.78, 5) is 23.2. The van der Waals surface area contributed by atoms with Gasteiger partial charge in [-0.25, -0.2) is 23.4 Å². The topological polar surface area (TPSA) is 160 Å². The van der Waals surface area contributed by atoms with E-state index in [4.69, 9.17) is 25.8 Å². The van der Waals surface area contributed by atoms with Crippen LogP contribution in [-0.2, 0) is 15.6 Å². The van der Waals surface area contributed by atoms with E-state index in [9.17, 15) is 8.42 Å². The lowest BCUT2D eigenvalue weighted by Crippen LogP contribution is -2.43. The van der Waals surface area contributed by atoms with Gasteiger partial charge in [0, 0.05) is 19.2 Å². The van der Waals surface area contributed by atoms with Crippen LogP contribution in [-0.4, -0.2) is 87.8 Å². The molecule has 0 N–H and O–H groups in total. The Morgan fingerprint density at radius 1 is 1.00 bits per heavy atom. The Bertz CT molecular complexity index is 1580. The number of hydrogen-bond acceptors (Lipinski definition) is 13. The van der Waals surface area contributed by atoms with Gasteiger partial charge in [0.05, 0.1) is 44.0 Å². The first-order chi connectivity index (χ1) is 19.3. The van der Waals surface area contributed by atoms with E-state index in [1.807, 2.05) is 4.90 Å². The first-order valence-electron chi connectivity index (χ1n) is 12.2. The first-order valence-corrected chi connectivity index (χ1v) is 14.3. The molecular weight excluding hydrogens is 562 g/mol. The fourth-order valence-electron chi connectivity index (χ4n) is 4.48. The number of piperidine rings is 1. The molecule has 5 heterocycles. The Balaban J connectivity index is 1.56. The average molecular weight is 588 g/mol. The Morgan fingerprint density at radius 3 is 2.40 bits per heavy atom. The molecule has 14 nitrogen and oxygen atoms in total. The van der Waals surface area contributed by atoms with Gasteiger partial charge in [0.1, 0.15) is 17.8 Å². The number of nitrogens with zero attached hydrogens (tertiary/aromatic N) is 9. The van der Waals surface area contributed by atoms with Crippen molar-refractivity contribution in [1.29, 1.82) is 0 Å². The van der Waals surface area contributed by atoms with Gasteiger partial charge in [0.25, 0.3) is 0 Å². The summed E-state index contributed by atoms with van der Waals surface area (Å²) in [7, 11) is 0.615. The minimum atomic E-state index is -3.75. The van der Waals surface area contributed by atoms with E-state index < -0.39 is 20.8 Å². The maximum Gasteiger partial charge on any atom is 0.245 e. The van der Waals surface area contributed by atoms with Gasteiger partial charge in [-0.05, 0) is 18.9 Å². The third-order valence-corrected chi connectivity index (χ3v) is 8.62. The number of sulfone groups is 1. The molecule has 1 aliphatic heterocycles. The van der Waals surface area contributed by atoms with Crippen LogP contribution in [0.3, 0.4) is 0 Å². The summed E-state index contributed by atoms with van der Waals surface area (Å²) in [6, 6.07) is 5.12. The van der Waals surface area contributed by atoms with E-state index in [1.54, 1.807) is 18.2 Å². The van der Waals surface area contributed by atoms with E-state index >= 15 is 0 Å². The predicted molar refractivity (Wildman–Crippen MR) is 145 cm³/mol. The highest BCUT2D eigenvalue weighted by Gasteiger charge is 2.35. The van der Waals surface area contributed by atoms with Gasteiger partial charge in [-0.3, -0.25) is 4.57 Å². The molecule has 0 unspecified atom stereocenters. The van der Waals surface area contributed by atoms with Crippen molar-refractivity contribution in [2.75, 3.05) is 39.3 Å². The highest BCUT2D eigenvalue weighted by atomic mass is 35.5. The molecule has 16 heteroatoms. The molecule has 4 aromatic heterocycles. The number of rotatable bonds is 9. The number of ether oxygens (including phenoxy) is 3. The van der Waals surface area contributed by atoms with Crippen LogP contribution in [0.4, 0.5) is 5.95 Å². The lowest BCUT2D eigenvalue weighted by atomic mass is 10.1. The Morgan fingerprint density at radius 2 is 1.73 bits per heavy atom. The van der Waals surface area contributed by atoms with E-state index in [0.717, 1.165) is 0 Å². The minimum Gasteiger partial charge on any atom is -0.481 e. The molecule has 0 amide bonds. The van der Waals surface area contributed by atoms with E-state index in [1.165, 1.54) is 44.6 Å². The van der Waals surface area contributed by atoms with E-state index in [0.29, 0.717) is 41.9 Å². The summed E-state index contributed by atoms with van der Waals surface area (Å²) in [6.45, 7) is 0.856. The minimum absolute atomic E-state index is 0.117. The largest absolute Gasteiger partial charge is 0.481 e. The molecule has 1 aliphatic rings. The molecule has 1 saturated heterocycles. The number of pyridine rings is 1. The number of anilines is 1. The summed E-state index contributed by atoms with van der Waals surface area (Å²) in [6.07, 6.45) is 5.38. The zero-order valence-corrected chi connectivity index (χ0v) is 23.5. The molecule has 210 valence electrons. The van der Waals surface area contributed by atoms with Crippen molar-refractivity contribution in [3.63, 3.8) is 0 Å². The SMILES string of the molecule is COc1cccc(-c2nnc(CS(=O)(=O)[C@H]3CCCN(c4ncc(Cl)cn4)C3)n2-c2c(OC)ncnc2OC)n1. The summed E-state index contributed by atoms with van der Waals surface area (Å²) in [5, 5.41) is 8.29. The predicted octanol–water partition coefficient (Wildman–Crippen LogP) is 2.17. The number of aromatic nitrogens is 8. The van der Waals surface area contributed by atoms with Gasteiger partial charge in [-0.2, -0.15) is 9.97 Å². The quantitative estimate of drug-likeness (QED) is 0.280. The zero-order chi connectivity index (χ0) is 28.3. The van der Waals surface area contributed by atoms with Gasteiger partial charge in [0.2, 0.25) is 23.6 Å². The van der Waals surface area contributed by atoms with Crippen LogP contribution in [0.15, 0.2) is 36.9 Å². The third kappa shape index (κ3) is 5.47. The molecule has 1 fully saturated rings. The van der Waals surface area contributed by atoms with E-state index in [-0.39, 0.29) is 35.6 Å². The van der Waals surface area contributed by atoms with Crippen molar-refractivity contribution in [2.24, 2.45) is 0 Å². The molecule has 0 bridgehead atoms. The molecule has 0 aliphatic carbocycles. The molecule has 0 radical (unpaired) electrons. The van der Waals surface area contributed by atoms with E-state index in [2.05, 4.69) is 35.1 Å². The maximum atomic E-state index is 13.8. The molecule has 0 spiro atoms. The van der Waals surface area contributed by atoms with Crippen LogP contribution in [0.25, 0.3) is 17.2 Å². The summed E-state index contributed by atoms with van der Waals surface area (Å²) >= 11 is 5.92. The van der Waals surface area contributed by atoms with Crippen LogP contribution in [0.1, 0.15) is 18.7 Å². The second-order valence-electron chi connectivity index (χ2n) is 8.80. The number of methoxy groups -OCH3 is 3. The summed E-state index contributed by atoms with van der Waals surface area (Å²) < 4.78 is 45.4. The normalized spacial score (nSPS) is 15.6. The lowest BCUT2D eigenvalue weighted by molar-refractivity contribution is 0.368. The highest BCUT2D eigenvalue weighted by Crippen LogP contribution is 2.34. The highest BCUT2D eigenvalue weighted by molar-refractivity contribution is 7.91. The molecule has 4 aromatic rings. The Labute approximate surface area is 235 Å². The average Bonchev–Trinajstić information content (AvgIpc) is 3.39. The summed E-state index contributed by atoms with van der Waals surface area (Å²) in [5.74, 6) is 0.967. The maximum absolute atomic E-state index is 13.8. The number of hydrogen-bond donors (Lipinski definition) is 0. The fraction of sp³-hybridized carbons (Fsp3) is 0.375. The third-order valence-electron chi connectivity index (χ3n) is 6.36. The van der Waals surface area contributed by atoms with Crippen LogP contribution in [0.2, 0.25) is 5.02 Å². The van der Waals surface area contributed by atoms with Gasteiger partial charge >= 0.3 is 0 Å². The zero-order valence-electron chi connectivity index (χ0n) is 21.9. The van der Waals surface area contributed by atoms with Crippen molar-refractivity contribution in [2.45, 2.75) is 23.8 Å². The van der Waals surface area contributed by atoms with Gasteiger partial charge in [-0.15, -0.1) is 10.2 Å².